The molecular weight excluding hydrogens is 267 g/mol. The third kappa shape index (κ3) is 4.22. The molecule has 0 spiro atoms. The average molecular weight is 285 g/mol. The number of nitriles is 1. The predicted molar refractivity (Wildman–Crippen MR) is 70.5 cm³/mol. The van der Waals surface area contributed by atoms with Crippen LogP contribution in [0.5, 0.6) is 0 Å². The number of rotatable bonds is 7. The minimum absolute atomic E-state index is 0.175. The summed E-state index contributed by atoms with van der Waals surface area (Å²) in [6, 6.07) is 2.04. The monoisotopic (exact) mass is 285 g/mol. The van der Waals surface area contributed by atoms with Crippen molar-refractivity contribution < 1.29 is 13.2 Å². The Morgan fingerprint density at radius 2 is 1.75 bits per heavy atom. The van der Waals surface area contributed by atoms with Gasteiger partial charge in [0.1, 0.15) is 11.9 Å². The standard InChI is InChI=1S/C14H18F3N3/c1-3-20(4-2)6-5-19-14(9-18)10-7-12(16)13(17)8-11(10)15/h7-8,14,19H,3-6H2,1-2H3. The Kier molecular flexibility index (Phi) is 6.49. The molecule has 1 rings (SSSR count). The Labute approximate surface area is 117 Å². The van der Waals surface area contributed by atoms with Crippen LogP contribution >= 0.6 is 0 Å². The van der Waals surface area contributed by atoms with E-state index in [1.165, 1.54) is 0 Å². The van der Waals surface area contributed by atoms with Crippen molar-refractivity contribution in [3.05, 3.63) is 35.1 Å². The number of benzene rings is 1. The van der Waals surface area contributed by atoms with E-state index >= 15 is 0 Å². The second-order valence-corrected chi connectivity index (χ2v) is 4.33. The molecule has 110 valence electrons. The number of hydrogen-bond donors (Lipinski definition) is 1. The lowest BCUT2D eigenvalue weighted by atomic mass is 10.1. The summed E-state index contributed by atoms with van der Waals surface area (Å²) in [4.78, 5) is 2.13. The van der Waals surface area contributed by atoms with Crippen LogP contribution in [0, 0.1) is 28.8 Å². The molecule has 3 nitrogen and oxygen atoms in total. The van der Waals surface area contributed by atoms with Gasteiger partial charge in [-0.1, -0.05) is 13.8 Å². The van der Waals surface area contributed by atoms with Crippen LogP contribution in [0.25, 0.3) is 0 Å². The van der Waals surface area contributed by atoms with Gasteiger partial charge >= 0.3 is 0 Å². The first-order valence-corrected chi connectivity index (χ1v) is 6.53. The number of halogens is 3. The highest BCUT2D eigenvalue weighted by atomic mass is 19.2. The maximum Gasteiger partial charge on any atom is 0.161 e. The lowest BCUT2D eigenvalue weighted by Gasteiger charge is -2.19. The Morgan fingerprint density at radius 1 is 1.15 bits per heavy atom. The maximum absolute atomic E-state index is 13.6. The van der Waals surface area contributed by atoms with Gasteiger partial charge in [0.25, 0.3) is 0 Å². The summed E-state index contributed by atoms with van der Waals surface area (Å²) in [5.41, 5.74) is -0.175. The van der Waals surface area contributed by atoms with Crippen LogP contribution in [-0.2, 0) is 0 Å². The van der Waals surface area contributed by atoms with Gasteiger partial charge in [0.05, 0.1) is 6.07 Å². The van der Waals surface area contributed by atoms with Crippen molar-refractivity contribution in [2.45, 2.75) is 19.9 Å². The Balaban J connectivity index is 2.72. The lowest BCUT2D eigenvalue weighted by molar-refractivity contribution is 0.299. The highest BCUT2D eigenvalue weighted by Crippen LogP contribution is 2.20. The average Bonchev–Trinajstić information content (AvgIpc) is 2.44. The van der Waals surface area contributed by atoms with E-state index in [0.717, 1.165) is 19.2 Å². The van der Waals surface area contributed by atoms with Crippen molar-refractivity contribution in [1.82, 2.24) is 10.2 Å². The molecule has 0 fully saturated rings. The van der Waals surface area contributed by atoms with Crippen LogP contribution in [0.3, 0.4) is 0 Å². The molecule has 0 aliphatic heterocycles. The van der Waals surface area contributed by atoms with E-state index in [9.17, 15) is 13.2 Å². The van der Waals surface area contributed by atoms with E-state index < -0.39 is 23.5 Å². The first-order valence-electron chi connectivity index (χ1n) is 6.53. The summed E-state index contributed by atoms with van der Waals surface area (Å²) in [5, 5.41) is 11.9. The molecule has 1 aromatic carbocycles. The number of hydrogen-bond acceptors (Lipinski definition) is 3. The molecule has 0 radical (unpaired) electrons. The van der Waals surface area contributed by atoms with E-state index in [2.05, 4.69) is 10.2 Å². The fourth-order valence-electron chi connectivity index (χ4n) is 1.89. The van der Waals surface area contributed by atoms with Crippen molar-refractivity contribution >= 4 is 0 Å². The third-order valence-electron chi connectivity index (χ3n) is 3.15. The molecule has 0 aromatic heterocycles. The number of likely N-dealkylation sites (N-methyl/N-ethyl adjacent to an activating group) is 1. The molecule has 0 aliphatic rings. The molecule has 0 heterocycles. The van der Waals surface area contributed by atoms with Crippen molar-refractivity contribution in [1.29, 1.82) is 5.26 Å². The zero-order valence-corrected chi connectivity index (χ0v) is 11.6. The van der Waals surface area contributed by atoms with Crippen LogP contribution in [0.1, 0.15) is 25.5 Å². The van der Waals surface area contributed by atoms with E-state index in [-0.39, 0.29) is 5.56 Å². The van der Waals surface area contributed by atoms with E-state index in [1.54, 1.807) is 0 Å². The molecule has 1 unspecified atom stereocenters. The number of nitrogens with zero attached hydrogens (tertiary/aromatic N) is 2. The summed E-state index contributed by atoms with van der Waals surface area (Å²) >= 11 is 0. The van der Waals surface area contributed by atoms with Gasteiger partial charge in [-0.2, -0.15) is 5.26 Å². The maximum atomic E-state index is 13.6. The molecule has 0 saturated heterocycles. The molecule has 1 aromatic rings. The van der Waals surface area contributed by atoms with Crippen LogP contribution < -0.4 is 5.32 Å². The van der Waals surface area contributed by atoms with Crippen LogP contribution in [0.4, 0.5) is 13.2 Å². The third-order valence-corrected chi connectivity index (χ3v) is 3.15. The topological polar surface area (TPSA) is 39.1 Å². The second-order valence-electron chi connectivity index (χ2n) is 4.33. The van der Waals surface area contributed by atoms with Gasteiger partial charge in [0.2, 0.25) is 0 Å². The van der Waals surface area contributed by atoms with Crippen LogP contribution in [0.2, 0.25) is 0 Å². The quantitative estimate of drug-likeness (QED) is 0.783. The van der Waals surface area contributed by atoms with Crippen molar-refractivity contribution in [3.63, 3.8) is 0 Å². The molecule has 1 atom stereocenters. The fourth-order valence-corrected chi connectivity index (χ4v) is 1.89. The summed E-state index contributed by atoms with van der Waals surface area (Å²) < 4.78 is 39.6. The van der Waals surface area contributed by atoms with Gasteiger partial charge in [-0.15, -0.1) is 0 Å². The second kappa shape index (κ2) is 7.88. The fraction of sp³-hybridized carbons (Fsp3) is 0.500. The summed E-state index contributed by atoms with van der Waals surface area (Å²) in [6.07, 6.45) is 0. The summed E-state index contributed by atoms with van der Waals surface area (Å²) in [6.45, 7) is 6.92. The molecule has 20 heavy (non-hydrogen) atoms. The Hall–Kier alpha value is -1.58. The van der Waals surface area contributed by atoms with E-state index in [1.807, 2.05) is 19.9 Å². The van der Waals surface area contributed by atoms with Gasteiger partial charge in [0.15, 0.2) is 11.6 Å². The first-order chi connectivity index (χ1) is 9.53. The Morgan fingerprint density at radius 3 is 2.30 bits per heavy atom. The zero-order valence-electron chi connectivity index (χ0n) is 11.6. The minimum atomic E-state index is -1.26. The molecule has 0 aliphatic carbocycles. The van der Waals surface area contributed by atoms with E-state index in [0.29, 0.717) is 19.2 Å². The smallest absolute Gasteiger partial charge is 0.161 e. The van der Waals surface area contributed by atoms with Gasteiger partial charge < -0.3 is 4.90 Å². The predicted octanol–water partition coefficient (Wildman–Crippen LogP) is 2.60. The van der Waals surface area contributed by atoms with Gasteiger partial charge in [-0.3, -0.25) is 5.32 Å². The largest absolute Gasteiger partial charge is 0.303 e. The molecule has 0 saturated carbocycles. The van der Waals surface area contributed by atoms with Gasteiger partial charge in [0, 0.05) is 24.7 Å². The zero-order chi connectivity index (χ0) is 15.1. The summed E-state index contributed by atoms with van der Waals surface area (Å²) in [7, 11) is 0. The highest BCUT2D eigenvalue weighted by Gasteiger charge is 2.18. The lowest BCUT2D eigenvalue weighted by Crippen LogP contribution is -2.33. The van der Waals surface area contributed by atoms with Crippen LogP contribution in [0.15, 0.2) is 12.1 Å². The molecular formula is C14H18F3N3. The van der Waals surface area contributed by atoms with Gasteiger partial charge in [-0.25, -0.2) is 13.2 Å². The number of nitrogens with one attached hydrogen (secondary N) is 1. The molecule has 0 bridgehead atoms. The molecule has 1 N–H and O–H groups in total. The molecule has 6 heteroatoms. The molecule has 0 amide bonds. The van der Waals surface area contributed by atoms with Crippen molar-refractivity contribution in [3.8, 4) is 6.07 Å². The summed E-state index contributed by atoms with van der Waals surface area (Å²) in [5.74, 6) is -3.34. The normalized spacial score (nSPS) is 12.4. The van der Waals surface area contributed by atoms with Crippen LogP contribution in [-0.4, -0.2) is 31.1 Å². The van der Waals surface area contributed by atoms with Crippen molar-refractivity contribution in [2.75, 3.05) is 26.2 Å². The highest BCUT2D eigenvalue weighted by molar-refractivity contribution is 5.27. The Bertz CT molecular complexity index is 481. The van der Waals surface area contributed by atoms with Gasteiger partial charge in [-0.05, 0) is 19.2 Å². The first kappa shape index (κ1) is 16.5. The van der Waals surface area contributed by atoms with Crippen molar-refractivity contribution in [2.24, 2.45) is 0 Å². The van der Waals surface area contributed by atoms with E-state index in [4.69, 9.17) is 5.26 Å². The minimum Gasteiger partial charge on any atom is -0.303 e. The SMILES string of the molecule is CCN(CC)CCNC(C#N)c1cc(F)c(F)cc1F.